The average molecular weight is 414 g/mol. The number of aromatic nitrogens is 2. The summed E-state index contributed by atoms with van der Waals surface area (Å²) in [4.78, 5) is 16.7. The maximum absolute atomic E-state index is 12.6. The molecular formula is C23H31N3O4. The molecule has 0 radical (unpaired) electrons. The van der Waals surface area contributed by atoms with Crippen LogP contribution in [0.3, 0.4) is 0 Å². The van der Waals surface area contributed by atoms with Crippen LogP contribution in [0.15, 0.2) is 29.1 Å². The van der Waals surface area contributed by atoms with Crippen LogP contribution in [0, 0.1) is 5.41 Å². The van der Waals surface area contributed by atoms with Crippen LogP contribution in [0.4, 0.5) is 5.69 Å². The molecule has 162 valence electrons. The number of benzene rings is 1. The molecule has 7 nitrogen and oxygen atoms in total. The minimum Gasteiger partial charge on any atom is -0.475 e. The summed E-state index contributed by atoms with van der Waals surface area (Å²) in [5, 5.41) is 3.56. The maximum atomic E-state index is 12.6. The van der Waals surface area contributed by atoms with Crippen molar-refractivity contribution in [2.24, 2.45) is 5.41 Å². The topological polar surface area (TPSA) is 74.6 Å². The molecule has 1 saturated heterocycles. The zero-order valence-electron chi connectivity index (χ0n) is 18.1. The molecule has 4 rings (SSSR count). The molecule has 0 amide bonds. The lowest BCUT2D eigenvalue weighted by Gasteiger charge is -2.26. The Labute approximate surface area is 177 Å². The van der Waals surface area contributed by atoms with Crippen LogP contribution in [0.1, 0.15) is 32.8 Å². The van der Waals surface area contributed by atoms with Gasteiger partial charge in [-0.2, -0.15) is 4.98 Å². The van der Waals surface area contributed by atoms with Gasteiger partial charge in [0.1, 0.15) is 12.7 Å². The minimum absolute atomic E-state index is 0.132. The summed E-state index contributed by atoms with van der Waals surface area (Å²) in [6.45, 7) is 10.3. The molecule has 3 heterocycles. The first kappa shape index (κ1) is 20.9. The van der Waals surface area contributed by atoms with Crippen molar-refractivity contribution in [2.45, 2.75) is 46.3 Å². The molecule has 0 saturated carbocycles. The van der Waals surface area contributed by atoms with E-state index in [0.717, 1.165) is 36.3 Å². The fourth-order valence-corrected chi connectivity index (χ4v) is 3.67. The van der Waals surface area contributed by atoms with Gasteiger partial charge in [0.2, 0.25) is 5.88 Å². The fourth-order valence-electron chi connectivity index (χ4n) is 3.67. The van der Waals surface area contributed by atoms with Crippen molar-refractivity contribution in [3.8, 4) is 17.1 Å². The molecule has 0 bridgehead atoms. The van der Waals surface area contributed by atoms with E-state index >= 15 is 0 Å². The third-order valence-corrected chi connectivity index (χ3v) is 6.00. The van der Waals surface area contributed by atoms with Gasteiger partial charge in [0.05, 0.1) is 25.5 Å². The summed E-state index contributed by atoms with van der Waals surface area (Å²) in [7, 11) is 0. The van der Waals surface area contributed by atoms with Crippen molar-refractivity contribution in [3.63, 3.8) is 0 Å². The Bertz CT molecular complexity index is 948. The lowest BCUT2D eigenvalue weighted by molar-refractivity contribution is -0.102. The Morgan fingerprint density at radius 1 is 1.30 bits per heavy atom. The number of hydrogen-bond acceptors (Lipinski definition) is 6. The van der Waals surface area contributed by atoms with E-state index in [1.807, 2.05) is 6.07 Å². The zero-order chi connectivity index (χ0) is 21.1. The lowest BCUT2D eigenvalue weighted by Crippen LogP contribution is -2.34. The average Bonchev–Trinajstić information content (AvgIpc) is 2.76. The fraction of sp³-hybridized carbons (Fsp3) is 0.565. The molecule has 1 N–H and O–H groups in total. The number of rotatable bonds is 7. The highest BCUT2D eigenvalue weighted by atomic mass is 16.6. The molecule has 2 aliphatic heterocycles. The van der Waals surface area contributed by atoms with Crippen LogP contribution in [0.25, 0.3) is 11.3 Å². The Balaban J connectivity index is 1.53. The van der Waals surface area contributed by atoms with E-state index in [2.05, 4.69) is 49.3 Å². The summed E-state index contributed by atoms with van der Waals surface area (Å²) in [5.74, 6) is 0.333. The standard InChI is InChI=1S/C23H31N3O4/c1-4-23(2,3)15-24-17-5-6-19-16(11-17)7-8-26-20(19)12-21(25-22(26)27)30-14-18-13-28-9-10-29-18/h5-6,11-12,18,24H,4,7-10,13-15H2,1-3H3/t18-/m0/s1. The molecule has 2 aliphatic rings. The Hall–Kier alpha value is -2.38. The number of nitrogens with one attached hydrogen (secondary N) is 1. The van der Waals surface area contributed by atoms with E-state index in [4.69, 9.17) is 14.2 Å². The maximum Gasteiger partial charge on any atom is 0.351 e. The van der Waals surface area contributed by atoms with Crippen molar-refractivity contribution in [1.82, 2.24) is 9.55 Å². The van der Waals surface area contributed by atoms with Crippen LogP contribution in [0.2, 0.25) is 0 Å². The molecule has 7 heteroatoms. The van der Waals surface area contributed by atoms with E-state index in [0.29, 0.717) is 38.9 Å². The highest BCUT2D eigenvalue weighted by Gasteiger charge is 2.21. The van der Waals surface area contributed by atoms with Crippen LogP contribution in [0.5, 0.6) is 5.88 Å². The van der Waals surface area contributed by atoms with E-state index in [9.17, 15) is 4.79 Å². The van der Waals surface area contributed by atoms with Crippen LogP contribution in [-0.2, 0) is 22.4 Å². The van der Waals surface area contributed by atoms with Gasteiger partial charge in [0.25, 0.3) is 0 Å². The smallest absolute Gasteiger partial charge is 0.351 e. The largest absolute Gasteiger partial charge is 0.475 e. The van der Waals surface area contributed by atoms with Crippen LogP contribution < -0.4 is 15.7 Å². The van der Waals surface area contributed by atoms with Crippen molar-refractivity contribution in [1.29, 1.82) is 0 Å². The van der Waals surface area contributed by atoms with Gasteiger partial charge >= 0.3 is 5.69 Å². The molecule has 0 aliphatic carbocycles. The number of ether oxygens (including phenoxy) is 3. The Morgan fingerprint density at radius 2 is 2.17 bits per heavy atom. The van der Waals surface area contributed by atoms with Gasteiger partial charge in [-0.05, 0) is 36.0 Å². The first-order chi connectivity index (χ1) is 14.4. The quantitative estimate of drug-likeness (QED) is 0.752. The van der Waals surface area contributed by atoms with Gasteiger partial charge in [0, 0.05) is 30.4 Å². The highest BCUT2D eigenvalue weighted by molar-refractivity contribution is 5.69. The van der Waals surface area contributed by atoms with Crippen LogP contribution >= 0.6 is 0 Å². The molecule has 30 heavy (non-hydrogen) atoms. The lowest BCUT2D eigenvalue weighted by atomic mass is 9.90. The number of aryl methyl sites for hydroxylation is 1. The van der Waals surface area contributed by atoms with Gasteiger partial charge in [-0.15, -0.1) is 0 Å². The molecule has 0 spiro atoms. The summed E-state index contributed by atoms with van der Waals surface area (Å²) < 4.78 is 18.5. The van der Waals surface area contributed by atoms with Crippen molar-refractivity contribution in [3.05, 3.63) is 40.3 Å². The number of hydrogen-bond donors (Lipinski definition) is 1. The van der Waals surface area contributed by atoms with Gasteiger partial charge in [-0.3, -0.25) is 4.57 Å². The van der Waals surface area contributed by atoms with Crippen LogP contribution in [-0.4, -0.2) is 48.6 Å². The molecule has 1 aromatic carbocycles. The number of anilines is 1. The summed E-state index contributed by atoms with van der Waals surface area (Å²) >= 11 is 0. The second kappa shape index (κ2) is 8.78. The molecular weight excluding hydrogens is 382 g/mol. The molecule has 1 atom stereocenters. The second-order valence-electron chi connectivity index (χ2n) is 8.79. The number of nitrogens with zero attached hydrogens (tertiary/aromatic N) is 2. The Kier molecular flexibility index (Phi) is 6.11. The van der Waals surface area contributed by atoms with Gasteiger partial charge < -0.3 is 19.5 Å². The number of fused-ring (bicyclic) bond motifs is 3. The molecule has 1 aromatic heterocycles. The summed E-state index contributed by atoms with van der Waals surface area (Å²) in [5.41, 5.74) is 4.23. The first-order valence-corrected chi connectivity index (χ1v) is 10.8. The SMILES string of the molecule is CCC(C)(C)CNc1ccc2c(c1)CCn1c-2cc(OC[C@@H]2COCCO2)nc1=O. The summed E-state index contributed by atoms with van der Waals surface area (Å²) in [6, 6.07) is 8.22. The molecule has 1 fully saturated rings. The summed E-state index contributed by atoms with van der Waals surface area (Å²) in [6.07, 6.45) is 1.80. The van der Waals surface area contributed by atoms with Gasteiger partial charge in [0.15, 0.2) is 0 Å². The van der Waals surface area contributed by atoms with E-state index in [1.165, 1.54) is 5.56 Å². The normalized spacial score (nSPS) is 18.4. The van der Waals surface area contributed by atoms with Crippen molar-refractivity contribution in [2.75, 3.05) is 38.3 Å². The van der Waals surface area contributed by atoms with Gasteiger partial charge in [-0.25, -0.2) is 4.79 Å². The highest BCUT2D eigenvalue weighted by Crippen LogP contribution is 2.32. The predicted octanol–water partition coefficient (Wildman–Crippen LogP) is 3.11. The molecule has 2 aromatic rings. The van der Waals surface area contributed by atoms with E-state index in [1.54, 1.807) is 4.57 Å². The second-order valence-corrected chi connectivity index (χ2v) is 8.79. The Morgan fingerprint density at radius 3 is 2.93 bits per heavy atom. The first-order valence-electron chi connectivity index (χ1n) is 10.8. The molecule has 0 unspecified atom stereocenters. The van der Waals surface area contributed by atoms with Crippen molar-refractivity contribution >= 4 is 5.69 Å². The van der Waals surface area contributed by atoms with E-state index in [-0.39, 0.29) is 17.2 Å². The zero-order valence-corrected chi connectivity index (χ0v) is 18.1. The monoisotopic (exact) mass is 413 g/mol. The third-order valence-electron chi connectivity index (χ3n) is 6.00. The van der Waals surface area contributed by atoms with Gasteiger partial charge in [-0.1, -0.05) is 26.8 Å². The third kappa shape index (κ3) is 4.68. The predicted molar refractivity (Wildman–Crippen MR) is 116 cm³/mol. The minimum atomic E-state index is -0.277. The van der Waals surface area contributed by atoms with Crippen molar-refractivity contribution < 1.29 is 14.2 Å². The van der Waals surface area contributed by atoms with E-state index < -0.39 is 0 Å².